The van der Waals surface area contributed by atoms with E-state index in [1.54, 1.807) is 33.1 Å². The molecule has 0 aromatic heterocycles. The number of nitrogens with one attached hydrogen (secondary N) is 1. The Hall–Kier alpha value is -2.34. The molecule has 0 aliphatic carbocycles. The van der Waals surface area contributed by atoms with Crippen LogP contribution in [0.15, 0.2) is 36.4 Å². The minimum atomic E-state index is -0.220. The van der Waals surface area contributed by atoms with Crippen LogP contribution < -0.4 is 19.5 Å². The van der Waals surface area contributed by atoms with Gasteiger partial charge >= 0.3 is 0 Å². The zero-order chi connectivity index (χ0) is 19.1. The van der Waals surface area contributed by atoms with Crippen LogP contribution >= 0.6 is 11.8 Å². The second-order valence-corrected chi connectivity index (χ2v) is 6.65. The van der Waals surface area contributed by atoms with Crippen molar-refractivity contribution in [3.05, 3.63) is 53.1 Å². The first kappa shape index (κ1) is 20.0. The fraction of sp³-hybridized carbons (Fsp3) is 0.350. The number of amides is 1. The monoisotopic (exact) mass is 375 g/mol. The zero-order valence-corrected chi connectivity index (χ0v) is 16.6. The van der Waals surface area contributed by atoms with Crippen LogP contribution in [0.3, 0.4) is 0 Å². The summed E-state index contributed by atoms with van der Waals surface area (Å²) in [6, 6.07) is 11.1. The summed E-state index contributed by atoms with van der Waals surface area (Å²) in [6.45, 7) is 1.92. The molecule has 1 amide bonds. The Morgan fingerprint density at radius 2 is 1.62 bits per heavy atom. The molecule has 0 spiro atoms. The van der Waals surface area contributed by atoms with Crippen molar-refractivity contribution < 1.29 is 19.0 Å². The van der Waals surface area contributed by atoms with Gasteiger partial charge < -0.3 is 19.5 Å². The van der Waals surface area contributed by atoms with E-state index in [-0.39, 0.29) is 11.9 Å². The Kier molecular flexibility index (Phi) is 7.21. The van der Waals surface area contributed by atoms with Gasteiger partial charge in [0.15, 0.2) is 11.5 Å². The second kappa shape index (κ2) is 9.38. The van der Waals surface area contributed by atoms with E-state index in [1.807, 2.05) is 43.3 Å². The van der Waals surface area contributed by atoms with Crippen molar-refractivity contribution in [3.8, 4) is 17.2 Å². The van der Waals surface area contributed by atoms with E-state index in [9.17, 15) is 4.79 Å². The number of rotatable bonds is 8. The number of hydrogen-bond acceptors (Lipinski definition) is 5. The first-order valence-electron chi connectivity index (χ1n) is 8.22. The van der Waals surface area contributed by atoms with Crippen molar-refractivity contribution in [3.63, 3.8) is 0 Å². The fourth-order valence-corrected chi connectivity index (χ4v) is 3.16. The van der Waals surface area contributed by atoms with E-state index < -0.39 is 0 Å². The van der Waals surface area contributed by atoms with Crippen LogP contribution in [0.25, 0.3) is 0 Å². The molecule has 0 radical (unpaired) electrons. The van der Waals surface area contributed by atoms with Gasteiger partial charge in [-0.15, -0.1) is 0 Å². The number of benzene rings is 2. The molecule has 0 fully saturated rings. The average Bonchev–Trinajstić information content (AvgIpc) is 2.67. The summed E-state index contributed by atoms with van der Waals surface area (Å²) >= 11 is 1.75. The zero-order valence-electron chi connectivity index (χ0n) is 15.8. The molecule has 2 aromatic carbocycles. The van der Waals surface area contributed by atoms with E-state index in [2.05, 4.69) is 11.6 Å². The highest BCUT2D eigenvalue weighted by Gasteiger charge is 2.18. The summed E-state index contributed by atoms with van der Waals surface area (Å²) in [4.78, 5) is 12.5. The molecule has 2 rings (SSSR count). The van der Waals surface area contributed by atoms with Crippen LogP contribution in [0, 0.1) is 0 Å². The molecule has 26 heavy (non-hydrogen) atoms. The Balaban J connectivity index is 2.18. The highest BCUT2D eigenvalue weighted by molar-refractivity contribution is 7.97. The largest absolute Gasteiger partial charge is 0.493 e. The molecule has 0 aliphatic heterocycles. The van der Waals surface area contributed by atoms with Crippen LogP contribution in [0.2, 0.25) is 0 Å². The van der Waals surface area contributed by atoms with Crippen molar-refractivity contribution in [2.24, 2.45) is 0 Å². The lowest BCUT2D eigenvalue weighted by atomic mass is 10.1. The van der Waals surface area contributed by atoms with Gasteiger partial charge in [0.25, 0.3) is 5.91 Å². The molecule has 140 valence electrons. The molecule has 0 heterocycles. The maximum atomic E-state index is 12.5. The molecule has 2 aromatic rings. The second-order valence-electron chi connectivity index (χ2n) is 5.78. The van der Waals surface area contributed by atoms with Gasteiger partial charge in [-0.3, -0.25) is 4.79 Å². The van der Waals surface area contributed by atoms with Crippen LogP contribution in [0.4, 0.5) is 0 Å². The minimum absolute atomic E-state index is 0.123. The van der Waals surface area contributed by atoms with E-state index in [4.69, 9.17) is 14.2 Å². The lowest BCUT2D eigenvalue weighted by Crippen LogP contribution is -2.26. The van der Waals surface area contributed by atoms with Crippen molar-refractivity contribution in [2.75, 3.05) is 27.6 Å². The summed E-state index contributed by atoms with van der Waals surface area (Å²) in [5.74, 6) is 2.46. The number of thioether (sulfide) groups is 1. The van der Waals surface area contributed by atoms with Gasteiger partial charge in [-0.2, -0.15) is 11.8 Å². The van der Waals surface area contributed by atoms with Gasteiger partial charge in [-0.1, -0.05) is 12.1 Å². The van der Waals surface area contributed by atoms with Crippen molar-refractivity contribution >= 4 is 17.7 Å². The van der Waals surface area contributed by atoms with Crippen molar-refractivity contribution in [2.45, 2.75) is 18.7 Å². The van der Waals surface area contributed by atoms with E-state index in [0.29, 0.717) is 22.8 Å². The fourth-order valence-electron chi connectivity index (χ4n) is 2.63. The quantitative estimate of drug-likeness (QED) is 0.754. The highest BCUT2D eigenvalue weighted by Crippen LogP contribution is 2.39. The summed E-state index contributed by atoms with van der Waals surface area (Å²) in [5, 5.41) is 3.01. The normalized spacial score (nSPS) is 11.6. The predicted molar refractivity (Wildman–Crippen MR) is 106 cm³/mol. The first-order valence-corrected chi connectivity index (χ1v) is 9.62. The number of carbonyl (C=O) groups is 1. The molecule has 5 nitrogen and oxygen atoms in total. The van der Waals surface area contributed by atoms with Gasteiger partial charge in [0.05, 0.1) is 27.4 Å². The number of hydrogen-bond donors (Lipinski definition) is 1. The van der Waals surface area contributed by atoms with Gasteiger partial charge in [0.2, 0.25) is 5.75 Å². The smallest absolute Gasteiger partial charge is 0.251 e. The topological polar surface area (TPSA) is 56.8 Å². The number of ether oxygens (including phenoxy) is 3. The molecule has 0 saturated heterocycles. The van der Waals surface area contributed by atoms with Crippen LogP contribution in [0.1, 0.15) is 34.5 Å². The Bertz CT molecular complexity index is 721. The number of carbonyl (C=O) groups excluding carboxylic acids is 1. The standard InChI is InChI=1S/C20H25NO4S/c1-13(16-10-17(23-2)19(25-4)18(11-16)24-3)21-20(22)15-8-6-14(7-9-15)12-26-5/h6-11,13H,12H2,1-5H3,(H,21,22). The maximum Gasteiger partial charge on any atom is 0.251 e. The summed E-state index contributed by atoms with van der Waals surface area (Å²) in [7, 11) is 4.70. The van der Waals surface area contributed by atoms with Crippen LogP contribution in [0.5, 0.6) is 17.2 Å². The summed E-state index contributed by atoms with van der Waals surface area (Å²) < 4.78 is 16.1. The van der Waals surface area contributed by atoms with Crippen molar-refractivity contribution in [1.29, 1.82) is 0 Å². The Morgan fingerprint density at radius 1 is 1.04 bits per heavy atom. The molecule has 0 aliphatic rings. The SMILES string of the molecule is COc1cc(C(C)NC(=O)c2ccc(CSC)cc2)cc(OC)c1OC. The molecule has 1 N–H and O–H groups in total. The van der Waals surface area contributed by atoms with E-state index >= 15 is 0 Å². The maximum absolute atomic E-state index is 12.5. The predicted octanol–water partition coefficient (Wildman–Crippen LogP) is 4.07. The number of methoxy groups -OCH3 is 3. The molecular weight excluding hydrogens is 350 g/mol. The highest BCUT2D eigenvalue weighted by atomic mass is 32.2. The first-order chi connectivity index (χ1) is 12.5. The molecule has 0 saturated carbocycles. The Labute approximate surface area is 159 Å². The van der Waals surface area contributed by atoms with Gasteiger partial charge in [0.1, 0.15) is 0 Å². The molecule has 0 bridgehead atoms. The third-order valence-electron chi connectivity index (χ3n) is 4.06. The molecule has 1 unspecified atom stereocenters. The summed E-state index contributed by atoms with van der Waals surface area (Å²) in [5.41, 5.74) is 2.70. The third-order valence-corrected chi connectivity index (χ3v) is 4.68. The van der Waals surface area contributed by atoms with E-state index in [1.165, 1.54) is 5.56 Å². The summed E-state index contributed by atoms with van der Waals surface area (Å²) in [6.07, 6.45) is 2.06. The van der Waals surface area contributed by atoms with E-state index in [0.717, 1.165) is 11.3 Å². The molecule has 1 atom stereocenters. The van der Waals surface area contributed by atoms with Crippen LogP contribution in [-0.2, 0) is 5.75 Å². The minimum Gasteiger partial charge on any atom is -0.493 e. The molecular formula is C20H25NO4S. The lowest BCUT2D eigenvalue weighted by molar-refractivity contribution is 0.0939. The lowest BCUT2D eigenvalue weighted by Gasteiger charge is -2.19. The van der Waals surface area contributed by atoms with Gasteiger partial charge in [-0.05, 0) is 48.6 Å². The van der Waals surface area contributed by atoms with Crippen molar-refractivity contribution in [1.82, 2.24) is 5.32 Å². The van der Waals surface area contributed by atoms with Gasteiger partial charge in [-0.25, -0.2) is 0 Å². The Morgan fingerprint density at radius 3 is 2.08 bits per heavy atom. The molecule has 6 heteroatoms. The van der Waals surface area contributed by atoms with Crippen LogP contribution in [-0.4, -0.2) is 33.5 Å². The van der Waals surface area contributed by atoms with Gasteiger partial charge in [0, 0.05) is 11.3 Å². The average molecular weight is 375 g/mol. The third kappa shape index (κ3) is 4.64.